The largest absolute Gasteiger partial charge is 0.478 e. The van der Waals surface area contributed by atoms with Gasteiger partial charge in [-0.2, -0.15) is 0 Å². The number of hydrogen-bond acceptors (Lipinski definition) is 4. The number of fused-ring (bicyclic) bond motifs is 1. The van der Waals surface area contributed by atoms with E-state index in [0.717, 1.165) is 11.1 Å². The van der Waals surface area contributed by atoms with Gasteiger partial charge in [0.2, 0.25) is 10.0 Å². The molecule has 1 N–H and O–H groups in total. The average molecular weight is 388 g/mol. The maximum atomic E-state index is 12.7. The molecule has 2 aromatic carbocycles. The Labute approximate surface area is 157 Å². The van der Waals surface area contributed by atoms with Crippen LogP contribution in [0.25, 0.3) is 0 Å². The number of hydrogen-bond donors (Lipinski definition) is 1. The number of sulfonamides is 1. The third kappa shape index (κ3) is 3.58. The van der Waals surface area contributed by atoms with Gasteiger partial charge < -0.3 is 10.0 Å². The fraction of sp³-hybridized carbons (Fsp3) is 0.263. The van der Waals surface area contributed by atoms with Crippen molar-refractivity contribution in [2.45, 2.75) is 17.9 Å². The molecule has 0 saturated carbocycles. The third-order valence-electron chi connectivity index (χ3n) is 4.65. The maximum Gasteiger partial charge on any atom is 0.335 e. The minimum Gasteiger partial charge on any atom is -0.478 e. The van der Waals surface area contributed by atoms with Crippen LogP contribution < -0.4 is 0 Å². The SMILES string of the molecule is CN(C)S(=O)(=O)c1cccc2c1CCN(C(=O)c1ccc(C(=O)O)cc1)C2. The van der Waals surface area contributed by atoms with Crippen LogP contribution in [0.1, 0.15) is 31.8 Å². The van der Waals surface area contributed by atoms with E-state index in [-0.39, 0.29) is 16.4 Å². The molecular formula is C19H20N2O5S. The fourth-order valence-electron chi connectivity index (χ4n) is 3.12. The van der Waals surface area contributed by atoms with E-state index in [2.05, 4.69) is 0 Å². The van der Waals surface area contributed by atoms with Gasteiger partial charge in [0.05, 0.1) is 10.5 Å². The van der Waals surface area contributed by atoms with Gasteiger partial charge in [-0.15, -0.1) is 0 Å². The summed E-state index contributed by atoms with van der Waals surface area (Å²) < 4.78 is 26.2. The van der Waals surface area contributed by atoms with Crippen LogP contribution in [0.3, 0.4) is 0 Å². The summed E-state index contributed by atoms with van der Waals surface area (Å²) in [7, 11) is -0.558. The molecule has 0 spiro atoms. The fourth-order valence-corrected chi connectivity index (χ4v) is 4.31. The van der Waals surface area contributed by atoms with E-state index in [1.807, 2.05) is 6.07 Å². The summed E-state index contributed by atoms with van der Waals surface area (Å²) in [6.07, 6.45) is 0.442. The predicted octanol–water partition coefficient (Wildman–Crippen LogP) is 1.83. The highest BCUT2D eigenvalue weighted by Gasteiger charge is 2.28. The maximum absolute atomic E-state index is 12.7. The van der Waals surface area contributed by atoms with Crippen LogP contribution in [0.4, 0.5) is 0 Å². The van der Waals surface area contributed by atoms with Gasteiger partial charge in [-0.1, -0.05) is 12.1 Å². The summed E-state index contributed by atoms with van der Waals surface area (Å²) in [6.45, 7) is 0.706. The van der Waals surface area contributed by atoms with Crippen molar-refractivity contribution in [3.8, 4) is 0 Å². The third-order valence-corrected chi connectivity index (χ3v) is 6.55. The zero-order chi connectivity index (χ0) is 19.8. The number of nitrogens with zero attached hydrogens (tertiary/aromatic N) is 2. The van der Waals surface area contributed by atoms with Crippen molar-refractivity contribution in [3.05, 3.63) is 64.7 Å². The van der Waals surface area contributed by atoms with Gasteiger partial charge in [0.1, 0.15) is 0 Å². The van der Waals surface area contributed by atoms with Crippen molar-refractivity contribution < 1.29 is 23.1 Å². The Morgan fingerprint density at radius 2 is 1.67 bits per heavy atom. The lowest BCUT2D eigenvalue weighted by molar-refractivity contribution is 0.0692. The molecule has 0 unspecified atom stereocenters. The van der Waals surface area contributed by atoms with Crippen LogP contribution in [0.5, 0.6) is 0 Å². The first-order valence-electron chi connectivity index (χ1n) is 8.37. The molecule has 0 fully saturated rings. The van der Waals surface area contributed by atoms with E-state index in [1.165, 1.54) is 42.7 Å². The van der Waals surface area contributed by atoms with E-state index in [0.29, 0.717) is 25.1 Å². The average Bonchev–Trinajstić information content (AvgIpc) is 2.66. The van der Waals surface area contributed by atoms with Gasteiger partial charge in [-0.3, -0.25) is 4.79 Å². The number of carbonyl (C=O) groups excluding carboxylic acids is 1. The number of carboxylic acid groups (broad SMARTS) is 1. The first-order chi connectivity index (χ1) is 12.7. The smallest absolute Gasteiger partial charge is 0.335 e. The molecule has 8 heteroatoms. The van der Waals surface area contributed by atoms with Crippen molar-refractivity contribution >= 4 is 21.9 Å². The zero-order valence-electron chi connectivity index (χ0n) is 15.0. The molecule has 2 aromatic rings. The number of carbonyl (C=O) groups is 2. The lowest BCUT2D eigenvalue weighted by atomic mass is 9.99. The minimum absolute atomic E-state index is 0.120. The van der Waals surface area contributed by atoms with E-state index >= 15 is 0 Å². The highest BCUT2D eigenvalue weighted by atomic mass is 32.2. The van der Waals surface area contributed by atoms with Gasteiger partial charge in [0.25, 0.3) is 5.91 Å². The van der Waals surface area contributed by atoms with Crippen LogP contribution in [-0.2, 0) is 23.0 Å². The molecule has 1 aliphatic rings. The Morgan fingerprint density at radius 3 is 2.26 bits per heavy atom. The van der Waals surface area contributed by atoms with Gasteiger partial charge in [0, 0.05) is 32.7 Å². The number of benzene rings is 2. The molecule has 3 rings (SSSR count). The van der Waals surface area contributed by atoms with Crippen LogP contribution >= 0.6 is 0 Å². The summed E-state index contributed by atoms with van der Waals surface area (Å²) in [5.41, 5.74) is 2.07. The molecule has 0 saturated heterocycles. The van der Waals surface area contributed by atoms with Gasteiger partial charge >= 0.3 is 5.97 Å². The molecule has 1 aliphatic heterocycles. The number of amides is 1. The van der Waals surface area contributed by atoms with Crippen LogP contribution in [0, 0.1) is 0 Å². The van der Waals surface area contributed by atoms with Crippen molar-refractivity contribution in [1.29, 1.82) is 0 Å². The molecule has 27 heavy (non-hydrogen) atoms. The number of aromatic carboxylic acids is 1. The molecule has 0 radical (unpaired) electrons. The Morgan fingerprint density at radius 1 is 1.04 bits per heavy atom. The van der Waals surface area contributed by atoms with Gasteiger partial charge in [-0.25, -0.2) is 17.5 Å². The van der Waals surface area contributed by atoms with Crippen molar-refractivity contribution in [3.63, 3.8) is 0 Å². The zero-order valence-corrected chi connectivity index (χ0v) is 15.9. The first-order valence-corrected chi connectivity index (χ1v) is 9.81. The summed E-state index contributed by atoms with van der Waals surface area (Å²) in [5, 5.41) is 8.96. The highest BCUT2D eigenvalue weighted by molar-refractivity contribution is 7.89. The predicted molar refractivity (Wildman–Crippen MR) is 99.2 cm³/mol. The Hall–Kier alpha value is -2.71. The topological polar surface area (TPSA) is 95.0 Å². The van der Waals surface area contributed by atoms with E-state index in [4.69, 9.17) is 5.11 Å². The monoisotopic (exact) mass is 388 g/mol. The second-order valence-corrected chi connectivity index (χ2v) is 8.66. The quantitative estimate of drug-likeness (QED) is 0.862. The van der Waals surface area contributed by atoms with Crippen LogP contribution in [0.15, 0.2) is 47.4 Å². The van der Waals surface area contributed by atoms with Crippen molar-refractivity contribution in [2.75, 3.05) is 20.6 Å². The van der Waals surface area contributed by atoms with E-state index in [9.17, 15) is 18.0 Å². The second-order valence-electron chi connectivity index (χ2n) is 6.54. The van der Waals surface area contributed by atoms with E-state index in [1.54, 1.807) is 17.0 Å². The Bertz CT molecular complexity index is 997. The summed E-state index contributed by atoms with van der Waals surface area (Å²) in [6, 6.07) is 10.9. The molecule has 1 amide bonds. The molecule has 0 bridgehead atoms. The lowest BCUT2D eigenvalue weighted by Crippen LogP contribution is -2.37. The molecule has 0 atom stereocenters. The van der Waals surface area contributed by atoms with Gasteiger partial charge in [-0.05, 0) is 47.9 Å². The molecule has 0 aromatic heterocycles. The summed E-state index contributed by atoms with van der Waals surface area (Å²) in [5.74, 6) is -1.26. The van der Waals surface area contributed by atoms with Crippen molar-refractivity contribution in [1.82, 2.24) is 9.21 Å². The van der Waals surface area contributed by atoms with Crippen LogP contribution in [-0.4, -0.2) is 55.2 Å². The molecule has 7 nitrogen and oxygen atoms in total. The summed E-state index contributed by atoms with van der Waals surface area (Å²) >= 11 is 0. The summed E-state index contributed by atoms with van der Waals surface area (Å²) in [4.78, 5) is 25.6. The molecule has 142 valence electrons. The Kier molecular flexibility index (Phi) is 5.03. The van der Waals surface area contributed by atoms with Gasteiger partial charge in [0.15, 0.2) is 0 Å². The lowest BCUT2D eigenvalue weighted by Gasteiger charge is -2.30. The number of carboxylic acids is 1. The first kappa shape index (κ1) is 19.1. The highest BCUT2D eigenvalue weighted by Crippen LogP contribution is 2.28. The normalized spacial score (nSPS) is 14.1. The van der Waals surface area contributed by atoms with Crippen molar-refractivity contribution in [2.24, 2.45) is 0 Å². The molecule has 1 heterocycles. The standard InChI is InChI=1S/C19H20N2O5S/c1-20(2)27(25,26)17-5-3-4-15-12-21(11-10-16(15)17)18(22)13-6-8-14(9-7-13)19(23)24/h3-9H,10-12H2,1-2H3,(H,23,24). The number of rotatable bonds is 4. The minimum atomic E-state index is -3.55. The Balaban J connectivity index is 1.87. The molecule has 0 aliphatic carbocycles. The second kappa shape index (κ2) is 7.13. The van der Waals surface area contributed by atoms with Crippen LogP contribution in [0.2, 0.25) is 0 Å². The van der Waals surface area contributed by atoms with E-state index < -0.39 is 16.0 Å². The molecular weight excluding hydrogens is 368 g/mol.